The number of para-hydroxylation sites is 1. The Labute approximate surface area is 131 Å². The van der Waals surface area contributed by atoms with Crippen LogP contribution >= 0.6 is 27.7 Å². The number of hydrogen-bond donors (Lipinski definition) is 0. The smallest absolute Gasteiger partial charge is 0.147 e. The molecule has 2 rings (SSSR count). The van der Waals surface area contributed by atoms with Crippen LogP contribution in [0.4, 0.5) is 0 Å². The Morgan fingerprint density at radius 2 is 1.85 bits per heavy atom. The molecule has 0 aliphatic rings. The van der Waals surface area contributed by atoms with E-state index >= 15 is 0 Å². The predicted octanol–water partition coefficient (Wildman–Crippen LogP) is 4.36. The highest BCUT2D eigenvalue weighted by molar-refractivity contribution is 9.10. The molecule has 2 aromatic carbocycles. The van der Waals surface area contributed by atoms with E-state index in [-0.39, 0.29) is 5.78 Å². The van der Waals surface area contributed by atoms with Crippen LogP contribution in [0.5, 0.6) is 5.75 Å². The van der Waals surface area contributed by atoms with E-state index in [1.54, 1.807) is 18.9 Å². The summed E-state index contributed by atoms with van der Waals surface area (Å²) < 4.78 is 6.30. The summed E-state index contributed by atoms with van der Waals surface area (Å²) >= 11 is 4.95. The number of benzene rings is 2. The lowest BCUT2D eigenvalue weighted by Crippen LogP contribution is -2.06. The fraction of sp³-hybridized carbons (Fsp3) is 0.188. The number of carbonyl (C=O) groups excluding carboxylic acids is 1. The van der Waals surface area contributed by atoms with Gasteiger partial charge in [-0.25, -0.2) is 0 Å². The van der Waals surface area contributed by atoms with Gasteiger partial charge in [-0.3, -0.25) is 4.79 Å². The zero-order valence-corrected chi connectivity index (χ0v) is 13.5. The van der Waals surface area contributed by atoms with E-state index in [1.807, 2.05) is 48.5 Å². The van der Waals surface area contributed by atoms with Crippen LogP contribution in [0.2, 0.25) is 0 Å². The summed E-state index contributed by atoms with van der Waals surface area (Å²) in [7, 11) is 1.62. The Bertz CT molecular complexity index is 581. The predicted molar refractivity (Wildman–Crippen MR) is 86.6 cm³/mol. The summed E-state index contributed by atoms with van der Waals surface area (Å²) in [4.78, 5) is 13.1. The van der Waals surface area contributed by atoms with Crippen molar-refractivity contribution < 1.29 is 9.53 Å². The number of rotatable bonds is 6. The molecule has 0 N–H and O–H groups in total. The molecule has 0 bridgehead atoms. The van der Waals surface area contributed by atoms with E-state index in [0.29, 0.717) is 12.2 Å². The second kappa shape index (κ2) is 7.50. The maximum Gasteiger partial charge on any atom is 0.147 e. The van der Waals surface area contributed by atoms with Gasteiger partial charge in [-0.05, 0) is 30.3 Å². The zero-order valence-electron chi connectivity index (χ0n) is 11.1. The molecule has 0 heterocycles. The largest absolute Gasteiger partial charge is 0.496 e. The molecule has 2 nitrogen and oxygen atoms in total. The first-order valence-electron chi connectivity index (χ1n) is 6.21. The first kappa shape index (κ1) is 15.1. The van der Waals surface area contributed by atoms with Gasteiger partial charge in [-0.1, -0.05) is 34.1 Å². The average Bonchev–Trinajstić information content (AvgIpc) is 2.47. The van der Waals surface area contributed by atoms with E-state index < -0.39 is 0 Å². The minimum absolute atomic E-state index is 0.197. The van der Waals surface area contributed by atoms with Crippen LogP contribution in [0.25, 0.3) is 0 Å². The van der Waals surface area contributed by atoms with Crippen LogP contribution in [0.15, 0.2) is 57.9 Å². The van der Waals surface area contributed by atoms with Crippen molar-refractivity contribution in [3.05, 3.63) is 58.6 Å². The molecule has 0 saturated carbocycles. The number of thioether (sulfide) groups is 1. The van der Waals surface area contributed by atoms with Crippen molar-refractivity contribution in [1.29, 1.82) is 0 Å². The average molecular weight is 351 g/mol. The lowest BCUT2D eigenvalue weighted by atomic mass is 10.1. The van der Waals surface area contributed by atoms with Crippen LogP contribution < -0.4 is 4.74 Å². The van der Waals surface area contributed by atoms with Crippen molar-refractivity contribution in [1.82, 2.24) is 0 Å². The van der Waals surface area contributed by atoms with E-state index in [4.69, 9.17) is 4.74 Å². The summed E-state index contributed by atoms with van der Waals surface area (Å²) in [6, 6.07) is 15.6. The van der Waals surface area contributed by atoms with Gasteiger partial charge < -0.3 is 4.74 Å². The lowest BCUT2D eigenvalue weighted by Gasteiger charge is -2.07. The Balaban J connectivity index is 1.91. The molecular weight excluding hydrogens is 336 g/mol. The Hall–Kier alpha value is -1.26. The van der Waals surface area contributed by atoms with E-state index in [1.165, 1.54) is 0 Å². The monoisotopic (exact) mass is 350 g/mol. The van der Waals surface area contributed by atoms with Crippen LogP contribution in [0.3, 0.4) is 0 Å². The van der Waals surface area contributed by atoms with Gasteiger partial charge in [0.1, 0.15) is 11.5 Å². The van der Waals surface area contributed by atoms with Crippen LogP contribution in [0, 0.1) is 0 Å². The molecule has 20 heavy (non-hydrogen) atoms. The Kier molecular flexibility index (Phi) is 5.68. The van der Waals surface area contributed by atoms with Crippen LogP contribution in [-0.4, -0.2) is 18.6 Å². The molecule has 0 aliphatic carbocycles. The summed E-state index contributed by atoms with van der Waals surface area (Å²) in [5.74, 6) is 1.44. The van der Waals surface area contributed by atoms with Gasteiger partial charge in [0.2, 0.25) is 0 Å². The fourth-order valence-corrected chi connectivity index (χ4v) is 2.83. The summed E-state index contributed by atoms with van der Waals surface area (Å²) in [5.41, 5.74) is 0.941. The zero-order chi connectivity index (χ0) is 14.4. The van der Waals surface area contributed by atoms with Gasteiger partial charge in [-0.2, -0.15) is 0 Å². The third kappa shape index (κ3) is 4.39. The fourth-order valence-electron chi connectivity index (χ4n) is 1.81. The molecule has 0 saturated heterocycles. The number of carbonyl (C=O) groups is 1. The number of ketones is 1. The maximum atomic E-state index is 12.0. The number of hydrogen-bond acceptors (Lipinski definition) is 3. The number of halogens is 1. The maximum absolute atomic E-state index is 12.0. The van der Waals surface area contributed by atoms with Crippen molar-refractivity contribution in [3.63, 3.8) is 0 Å². The Morgan fingerprint density at radius 3 is 2.55 bits per heavy atom. The first-order chi connectivity index (χ1) is 9.69. The van der Waals surface area contributed by atoms with Crippen molar-refractivity contribution >= 4 is 33.5 Å². The molecule has 0 amide bonds. The molecule has 0 aromatic heterocycles. The minimum atomic E-state index is 0.197. The topological polar surface area (TPSA) is 26.3 Å². The van der Waals surface area contributed by atoms with Crippen LogP contribution in [-0.2, 0) is 11.2 Å². The summed E-state index contributed by atoms with van der Waals surface area (Å²) in [6.45, 7) is 0. The normalized spacial score (nSPS) is 10.3. The second-order valence-corrected chi connectivity index (χ2v) is 6.23. The van der Waals surface area contributed by atoms with E-state index in [0.717, 1.165) is 20.7 Å². The highest BCUT2D eigenvalue weighted by Gasteiger charge is 2.08. The van der Waals surface area contributed by atoms with Gasteiger partial charge in [0.05, 0.1) is 12.9 Å². The molecule has 104 valence electrons. The summed E-state index contributed by atoms with van der Waals surface area (Å²) in [6.07, 6.45) is 0.410. The number of ether oxygens (including phenoxy) is 1. The molecule has 0 atom stereocenters. The molecule has 0 spiro atoms. The van der Waals surface area contributed by atoms with Crippen molar-refractivity contribution in [2.45, 2.75) is 11.3 Å². The molecular formula is C16H15BrO2S. The molecule has 0 aliphatic heterocycles. The minimum Gasteiger partial charge on any atom is -0.496 e. The number of Topliss-reactive ketones (excluding diaryl/α,β-unsaturated/α-hetero) is 1. The molecule has 0 fully saturated rings. The molecule has 2 aromatic rings. The second-order valence-electron chi connectivity index (χ2n) is 4.27. The molecule has 0 unspecified atom stereocenters. The standard InChI is InChI=1S/C16H15BrO2S/c1-19-16-5-3-2-4-12(16)10-14(18)11-20-15-8-6-13(17)7-9-15/h2-9H,10-11H2,1H3. The highest BCUT2D eigenvalue weighted by atomic mass is 79.9. The third-order valence-electron chi connectivity index (χ3n) is 2.79. The van der Waals surface area contributed by atoms with Crippen molar-refractivity contribution in [2.24, 2.45) is 0 Å². The third-order valence-corrected chi connectivity index (χ3v) is 4.39. The first-order valence-corrected chi connectivity index (χ1v) is 7.99. The van der Waals surface area contributed by atoms with Gasteiger partial charge in [-0.15, -0.1) is 11.8 Å². The van der Waals surface area contributed by atoms with Crippen LogP contribution in [0.1, 0.15) is 5.56 Å². The SMILES string of the molecule is COc1ccccc1CC(=O)CSc1ccc(Br)cc1. The van der Waals surface area contributed by atoms with Gasteiger partial charge in [0, 0.05) is 21.4 Å². The van der Waals surface area contributed by atoms with Crippen molar-refractivity contribution in [2.75, 3.05) is 12.9 Å². The van der Waals surface area contributed by atoms with E-state index in [2.05, 4.69) is 15.9 Å². The quantitative estimate of drug-likeness (QED) is 0.724. The van der Waals surface area contributed by atoms with Gasteiger partial charge in [0.25, 0.3) is 0 Å². The molecule has 0 radical (unpaired) electrons. The van der Waals surface area contributed by atoms with Crippen molar-refractivity contribution in [3.8, 4) is 5.75 Å². The summed E-state index contributed by atoms with van der Waals surface area (Å²) in [5, 5.41) is 0. The van der Waals surface area contributed by atoms with E-state index in [9.17, 15) is 4.79 Å². The van der Waals surface area contributed by atoms with Gasteiger partial charge >= 0.3 is 0 Å². The van der Waals surface area contributed by atoms with Gasteiger partial charge in [0.15, 0.2) is 0 Å². The number of methoxy groups -OCH3 is 1. The highest BCUT2D eigenvalue weighted by Crippen LogP contribution is 2.22. The Morgan fingerprint density at radius 1 is 1.15 bits per heavy atom. The molecule has 4 heteroatoms. The lowest BCUT2D eigenvalue weighted by molar-refractivity contribution is -0.116.